The van der Waals surface area contributed by atoms with E-state index in [0.717, 1.165) is 33.8 Å². The SMILES string of the molecule is Cc1ccc(C)c(Oc2cc(C)c(O)c(C)c2)c1C. The molecule has 0 aromatic heterocycles. The van der Waals surface area contributed by atoms with Gasteiger partial charge in [-0.05, 0) is 74.6 Å². The van der Waals surface area contributed by atoms with Crippen molar-refractivity contribution in [1.82, 2.24) is 0 Å². The summed E-state index contributed by atoms with van der Waals surface area (Å²) in [5, 5.41) is 9.79. The van der Waals surface area contributed by atoms with E-state index in [1.54, 1.807) is 0 Å². The molecule has 0 bridgehead atoms. The predicted octanol–water partition coefficient (Wildman–Crippen LogP) is 4.73. The van der Waals surface area contributed by atoms with Gasteiger partial charge in [-0.2, -0.15) is 0 Å². The van der Waals surface area contributed by atoms with Crippen molar-refractivity contribution in [2.24, 2.45) is 0 Å². The van der Waals surface area contributed by atoms with Crippen molar-refractivity contribution in [3.05, 3.63) is 52.1 Å². The molecule has 0 radical (unpaired) electrons. The molecule has 0 unspecified atom stereocenters. The van der Waals surface area contributed by atoms with Crippen LogP contribution in [0.15, 0.2) is 24.3 Å². The fourth-order valence-corrected chi connectivity index (χ4v) is 2.18. The zero-order chi connectivity index (χ0) is 14.2. The van der Waals surface area contributed by atoms with Crippen LogP contribution < -0.4 is 4.74 Å². The normalized spacial score (nSPS) is 10.6. The van der Waals surface area contributed by atoms with Crippen molar-refractivity contribution >= 4 is 0 Å². The van der Waals surface area contributed by atoms with E-state index in [2.05, 4.69) is 26.0 Å². The maximum Gasteiger partial charge on any atom is 0.133 e. The van der Waals surface area contributed by atoms with Crippen LogP contribution in [0.2, 0.25) is 0 Å². The number of phenolic OH excluding ortho intramolecular Hbond substituents is 1. The second-order valence-corrected chi connectivity index (χ2v) is 5.16. The number of rotatable bonds is 2. The first kappa shape index (κ1) is 13.5. The summed E-state index contributed by atoms with van der Waals surface area (Å²) in [7, 11) is 0. The molecule has 2 nitrogen and oxygen atoms in total. The molecule has 2 heteroatoms. The Morgan fingerprint density at radius 2 is 1.32 bits per heavy atom. The minimum absolute atomic E-state index is 0.338. The summed E-state index contributed by atoms with van der Waals surface area (Å²) in [6.45, 7) is 9.95. The molecule has 2 aromatic carbocycles. The third kappa shape index (κ3) is 2.58. The van der Waals surface area contributed by atoms with Crippen LogP contribution in [0, 0.1) is 34.6 Å². The van der Waals surface area contributed by atoms with Crippen LogP contribution in [0.1, 0.15) is 27.8 Å². The summed E-state index contributed by atoms with van der Waals surface area (Å²) in [5.41, 5.74) is 5.15. The lowest BCUT2D eigenvalue weighted by atomic mass is 10.1. The topological polar surface area (TPSA) is 29.5 Å². The second-order valence-electron chi connectivity index (χ2n) is 5.16. The highest BCUT2D eigenvalue weighted by atomic mass is 16.5. The zero-order valence-electron chi connectivity index (χ0n) is 12.2. The first-order chi connectivity index (χ1) is 8.90. The van der Waals surface area contributed by atoms with Gasteiger partial charge in [-0.1, -0.05) is 12.1 Å². The van der Waals surface area contributed by atoms with Crippen LogP contribution in [0.4, 0.5) is 0 Å². The lowest BCUT2D eigenvalue weighted by molar-refractivity contribution is 0.454. The molecule has 0 aliphatic carbocycles. The van der Waals surface area contributed by atoms with Crippen molar-refractivity contribution in [2.45, 2.75) is 34.6 Å². The Bertz CT molecular complexity index is 604. The van der Waals surface area contributed by atoms with Gasteiger partial charge in [0.2, 0.25) is 0 Å². The molecule has 0 aliphatic heterocycles. The highest BCUT2D eigenvalue weighted by Crippen LogP contribution is 2.34. The van der Waals surface area contributed by atoms with E-state index < -0.39 is 0 Å². The highest BCUT2D eigenvalue weighted by Gasteiger charge is 2.10. The summed E-state index contributed by atoms with van der Waals surface area (Å²) in [4.78, 5) is 0. The number of aryl methyl sites for hydroxylation is 4. The van der Waals surface area contributed by atoms with E-state index in [-0.39, 0.29) is 0 Å². The molecule has 100 valence electrons. The molecule has 0 saturated heterocycles. The third-order valence-electron chi connectivity index (χ3n) is 3.56. The Balaban J connectivity index is 2.45. The van der Waals surface area contributed by atoms with Gasteiger partial charge in [0.05, 0.1) is 0 Å². The van der Waals surface area contributed by atoms with Crippen LogP contribution in [0.25, 0.3) is 0 Å². The molecule has 0 spiro atoms. The van der Waals surface area contributed by atoms with E-state index in [0.29, 0.717) is 5.75 Å². The lowest BCUT2D eigenvalue weighted by Gasteiger charge is -2.15. The Labute approximate surface area is 114 Å². The summed E-state index contributed by atoms with van der Waals surface area (Å²) < 4.78 is 6.03. The molecule has 2 aromatic rings. The predicted molar refractivity (Wildman–Crippen MR) is 78.3 cm³/mol. The van der Waals surface area contributed by atoms with Crippen molar-refractivity contribution < 1.29 is 9.84 Å². The van der Waals surface area contributed by atoms with E-state index in [9.17, 15) is 5.11 Å². The highest BCUT2D eigenvalue weighted by molar-refractivity contribution is 5.50. The molecule has 1 N–H and O–H groups in total. The van der Waals surface area contributed by atoms with E-state index >= 15 is 0 Å². The molecule has 0 heterocycles. The Kier molecular flexibility index (Phi) is 3.52. The molecule has 0 atom stereocenters. The molecule has 0 aliphatic rings. The summed E-state index contributed by atoms with van der Waals surface area (Å²) in [6, 6.07) is 7.90. The fraction of sp³-hybridized carbons (Fsp3) is 0.294. The van der Waals surface area contributed by atoms with Crippen molar-refractivity contribution in [3.8, 4) is 17.2 Å². The maximum atomic E-state index is 9.79. The summed E-state index contributed by atoms with van der Waals surface area (Å²) >= 11 is 0. The van der Waals surface area contributed by atoms with Gasteiger partial charge < -0.3 is 9.84 Å². The van der Waals surface area contributed by atoms with Crippen LogP contribution in [0.5, 0.6) is 17.2 Å². The van der Waals surface area contributed by atoms with Crippen molar-refractivity contribution in [1.29, 1.82) is 0 Å². The average molecular weight is 256 g/mol. The van der Waals surface area contributed by atoms with E-state index in [1.807, 2.05) is 32.9 Å². The van der Waals surface area contributed by atoms with Gasteiger partial charge in [0.25, 0.3) is 0 Å². The molecule has 0 saturated carbocycles. The van der Waals surface area contributed by atoms with Crippen molar-refractivity contribution in [2.75, 3.05) is 0 Å². The molecule has 0 amide bonds. The minimum atomic E-state index is 0.338. The lowest BCUT2D eigenvalue weighted by Crippen LogP contribution is -1.94. The Hall–Kier alpha value is -1.96. The van der Waals surface area contributed by atoms with Gasteiger partial charge >= 0.3 is 0 Å². The van der Waals surface area contributed by atoms with Gasteiger partial charge in [0.15, 0.2) is 0 Å². The monoisotopic (exact) mass is 256 g/mol. The van der Waals surface area contributed by atoms with E-state index in [1.165, 1.54) is 5.56 Å². The number of phenols is 1. The van der Waals surface area contributed by atoms with Crippen molar-refractivity contribution in [3.63, 3.8) is 0 Å². The van der Waals surface area contributed by atoms with Crippen LogP contribution in [-0.4, -0.2) is 5.11 Å². The van der Waals surface area contributed by atoms with Gasteiger partial charge in [-0.3, -0.25) is 0 Å². The van der Waals surface area contributed by atoms with Gasteiger partial charge in [0.1, 0.15) is 17.2 Å². The minimum Gasteiger partial charge on any atom is -0.507 e. The van der Waals surface area contributed by atoms with Gasteiger partial charge in [-0.25, -0.2) is 0 Å². The van der Waals surface area contributed by atoms with Gasteiger partial charge in [0, 0.05) is 0 Å². The second kappa shape index (κ2) is 4.96. The molecular weight excluding hydrogens is 236 g/mol. The smallest absolute Gasteiger partial charge is 0.133 e. The Morgan fingerprint density at radius 3 is 1.89 bits per heavy atom. The number of ether oxygens (including phenoxy) is 1. The summed E-state index contributed by atoms with van der Waals surface area (Å²) in [5.74, 6) is 2.01. The quantitative estimate of drug-likeness (QED) is 0.842. The number of hydrogen-bond donors (Lipinski definition) is 1. The number of hydrogen-bond acceptors (Lipinski definition) is 2. The van der Waals surface area contributed by atoms with Crippen LogP contribution >= 0.6 is 0 Å². The average Bonchev–Trinajstić information content (AvgIpc) is 2.36. The Morgan fingerprint density at radius 1 is 0.789 bits per heavy atom. The van der Waals surface area contributed by atoms with Crippen LogP contribution in [-0.2, 0) is 0 Å². The third-order valence-corrected chi connectivity index (χ3v) is 3.56. The largest absolute Gasteiger partial charge is 0.507 e. The molecule has 19 heavy (non-hydrogen) atoms. The van der Waals surface area contributed by atoms with E-state index in [4.69, 9.17) is 4.74 Å². The number of benzene rings is 2. The number of aromatic hydroxyl groups is 1. The standard InChI is InChI=1S/C17H20O2/c1-10-6-7-11(2)17(14(10)5)19-15-8-12(3)16(18)13(4)9-15/h6-9,18H,1-5H3. The first-order valence-electron chi connectivity index (χ1n) is 6.45. The van der Waals surface area contributed by atoms with Crippen LogP contribution in [0.3, 0.4) is 0 Å². The van der Waals surface area contributed by atoms with Gasteiger partial charge in [-0.15, -0.1) is 0 Å². The molecule has 0 fully saturated rings. The zero-order valence-corrected chi connectivity index (χ0v) is 12.2. The maximum absolute atomic E-state index is 9.79. The summed E-state index contributed by atoms with van der Waals surface area (Å²) in [6.07, 6.45) is 0. The fourth-order valence-electron chi connectivity index (χ4n) is 2.18. The molecular formula is C17H20O2. The first-order valence-corrected chi connectivity index (χ1v) is 6.45. The molecule has 2 rings (SSSR count).